The number of carbonyl (C=O) groups excluding carboxylic acids is 5. The van der Waals surface area contributed by atoms with E-state index in [1.807, 2.05) is 0 Å². The maximum Gasteiger partial charge on any atom is 0.408 e. The molecule has 0 spiro atoms. The van der Waals surface area contributed by atoms with Gasteiger partial charge in [-0.1, -0.05) is 48.5 Å². The molecule has 2 saturated heterocycles. The number of ether oxygens (including phenoxy) is 5. The molecular formula is C50H69N3O14. The second-order valence-corrected chi connectivity index (χ2v) is 20.2. The molecule has 1 unspecified atom stereocenters. The Kier molecular flexibility index (Phi) is 16.1. The van der Waals surface area contributed by atoms with Gasteiger partial charge in [-0.3, -0.25) is 9.59 Å². The van der Waals surface area contributed by atoms with E-state index in [-0.39, 0.29) is 36.2 Å². The van der Waals surface area contributed by atoms with Crippen LogP contribution in [0.2, 0.25) is 0 Å². The van der Waals surface area contributed by atoms with E-state index in [2.05, 4.69) is 22.2 Å². The number of carbonyl (C=O) groups is 5. The van der Waals surface area contributed by atoms with E-state index in [4.69, 9.17) is 23.7 Å². The topological polar surface area (TPSA) is 231 Å². The molecule has 2 aliphatic carbocycles. The quantitative estimate of drug-likeness (QED) is 0.0788. The minimum absolute atomic E-state index is 0.0158. The summed E-state index contributed by atoms with van der Waals surface area (Å²) in [6.07, 6.45) is -10.2. The molecular weight excluding hydrogens is 867 g/mol. The number of benzene rings is 2. The first-order valence-electron chi connectivity index (χ1n) is 23.2. The van der Waals surface area contributed by atoms with Gasteiger partial charge in [0.05, 0.1) is 35.4 Å². The Hall–Kier alpha value is -4.75. The number of amides is 1. The number of aliphatic hydroxyl groups excluding tert-OH is 2. The van der Waals surface area contributed by atoms with Gasteiger partial charge >= 0.3 is 24.0 Å². The molecule has 0 bridgehead atoms. The molecule has 1 amide bonds. The summed E-state index contributed by atoms with van der Waals surface area (Å²) in [6, 6.07) is 14.9. The lowest BCUT2D eigenvalue weighted by atomic mass is 9.52. The maximum absolute atomic E-state index is 15.1. The van der Waals surface area contributed by atoms with Crippen molar-refractivity contribution in [3.05, 3.63) is 82.9 Å². The minimum atomic E-state index is -2.13. The number of fused-ring (bicyclic) bond motifs is 3. The van der Waals surface area contributed by atoms with Crippen LogP contribution in [0.5, 0.6) is 0 Å². The van der Waals surface area contributed by atoms with E-state index in [1.54, 1.807) is 69.3 Å². The number of nitrogens with one attached hydrogen (secondary N) is 1. The van der Waals surface area contributed by atoms with E-state index in [1.165, 1.54) is 39.8 Å². The highest BCUT2D eigenvalue weighted by atomic mass is 16.6. The third-order valence-corrected chi connectivity index (χ3v) is 13.7. The molecule has 6 rings (SSSR count). The summed E-state index contributed by atoms with van der Waals surface area (Å²) in [7, 11) is 2.07. The third-order valence-electron chi connectivity index (χ3n) is 13.7. The van der Waals surface area contributed by atoms with Crippen LogP contribution in [0.3, 0.4) is 0 Å². The second kappa shape index (κ2) is 20.9. The number of alkyl carbamates (subject to hydrolysis) is 1. The Morgan fingerprint density at radius 3 is 2.12 bits per heavy atom. The Balaban J connectivity index is 1.42. The van der Waals surface area contributed by atoms with Gasteiger partial charge < -0.3 is 59.2 Å². The number of esters is 3. The number of hydrogen-bond acceptors (Lipinski definition) is 16. The van der Waals surface area contributed by atoms with E-state index in [0.717, 1.165) is 32.7 Å². The van der Waals surface area contributed by atoms with Gasteiger partial charge in [0.15, 0.2) is 5.78 Å². The lowest BCUT2D eigenvalue weighted by molar-refractivity contribution is -0.326. The zero-order chi connectivity index (χ0) is 49.1. The fraction of sp³-hybridized carbons (Fsp3) is 0.620. The molecule has 368 valence electrons. The number of rotatable bonds is 14. The molecule has 1 saturated carbocycles. The highest BCUT2D eigenvalue weighted by Gasteiger charge is 2.71. The summed E-state index contributed by atoms with van der Waals surface area (Å²) in [5, 5.41) is 50.8. The first-order valence-corrected chi connectivity index (χ1v) is 23.2. The normalized spacial score (nSPS) is 30.4. The smallest absolute Gasteiger partial charge is 0.408 e. The van der Waals surface area contributed by atoms with Crippen LogP contribution in [-0.4, -0.2) is 160 Å². The van der Waals surface area contributed by atoms with Crippen molar-refractivity contribution in [2.24, 2.45) is 11.3 Å². The van der Waals surface area contributed by atoms with Crippen molar-refractivity contribution in [3.8, 4) is 0 Å². The molecule has 67 heavy (non-hydrogen) atoms. The summed E-state index contributed by atoms with van der Waals surface area (Å²) in [6.45, 7) is 14.6. The summed E-state index contributed by atoms with van der Waals surface area (Å²) in [5.41, 5.74) is -6.65. The van der Waals surface area contributed by atoms with Crippen LogP contribution in [0, 0.1) is 11.3 Å². The summed E-state index contributed by atoms with van der Waals surface area (Å²) >= 11 is 0. The average Bonchev–Trinajstić information content (AvgIpc) is 3.28. The zero-order valence-electron chi connectivity index (χ0n) is 39.9. The van der Waals surface area contributed by atoms with Crippen molar-refractivity contribution in [2.45, 2.75) is 140 Å². The number of likely N-dealkylation sites (N-methyl/N-ethyl adjacent to an activating group) is 1. The molecule has 5 N–H and O–H groups in total. The Bertz CT molecular complexity index is 2110. The first kappa shape index (κ1) is 51.6. The molecule has 17 heteroatoms. The summed E-state index contributed by atoms with van der Waals surface area (Å²) in [5.74, 6) is -5.23. The Morgan fingerprint density at radius 1 is 0.910 bits per heavy atom. The highest BCUT2D eigenvalue weighted by Crippen LogP contribution is 2.56. The summed E-state index contributed by atoms with van der Waals surface area (Å²) < 4.78 is 29.9. The van der Waals surface area contributed by atoms with Crippen LogP contribution < -0.4 is 5.32 Å². The van der Waals surface area contributed by atoms with Gasteiger partial charge in [-0.2, -0.15) is 0 Å². The first-order chi connectivity index (χ1) is 31.4. The molecule has 2 aliphatic heterocycles. The molecule has 17 nitrogen and oxygen atoms in total. The van der Waals surface area contributed by atoms with Crippen molar-refractivity contribution in [3.63, 3.8) is 0 Å². The number of unbranched alkanes of at least 4 members (excludes halogenated alkanes) is 1. The van der Waals surface area contributed by atoms with Gasteiger partial charge in [0.1, 0.15) is 35.6 Å². The van der Waals surface area contributed by atoms with Gasteiger partial charge in [0.25, 0.3) is 0 Å². The largest absolute Gasteiger partial charge is 0.458 e. The van der Waals surface area contributed by atoms with Crippen LogP contribution in [0.4, 0.5) is 4.79 Å². The van der Waals surface area contributed by atoms with Gasteiger partial charge in [-0.25, -0.2) is 14.4 Å². The third kappa shape index (κ3) is 11.8. The number of piperazine rings is 1. The number of nitrogens with zero attached hydrogens (tertiary/aromatic N) is 2. The Labute approximate surface area is 392 Å². The standard InChI is InChI=1S/C50H69N3O14/c1-30-33(27-34(65-44(58)32-19-13-10-14-20-32)42-49(7,35(54)28-36-50(42,62)29-63-36)43(57)40(56)38(30)48(5,6)61)64-45(59)41(66-37(55)21-15-16-22-53-25-23-52(8)24-26-53)39(31-17-11-9-12-18-31)51-46(60)67-47(2,3)4/h9-14,17-20,33-36,39-42,54,56,61-62H,15-16,21-29H2,1-8H3,(H,51,60)/b38-30-/t33-,34+,35-,36+,39-,40+,41+,42?,49+,50-/m0/s1. The minimum Gasteiger partial charge on any atom is -0.458 e. The van der Waals surface area contributed by atoms with E-state index in [9.17, 15) is 39.6 Å². The lowest BCUT2D eigenvalue weighted by Crippen LogP contribution is -2.76. The second-order valence-electron chi connectivity index (χ2n) is 20.2. The molecule has 2 aromatic rings. The van der Waals surface area contributed by atoms with Crippen LogP contribution in [-0.2, 0) is 38.1 Å². The van der Waals surface area contributed by atoms with Crippen molar-refractivity contribution in [1.29, 1.82) is 0 Å². The fourth-order valence-electron chi connectivity index (χ4n) is 10.1. The lowest BCUT2D eigenvalue weighted by Gasteiger charge is -2.62. The van der Waals surface area contributed by atoms with E-state index >= 15 is 4.79 Å². The predicted molar refractivity (Wildman–Crippen MR) is 243 cm³/mol. The molecule has 3 fully saturated rings. The van der Waals surface area contributed by atoms with Crippen LogP contribution in [0.1, 0.15) is 103 Å². The van der Waals surface area contributed by atoms with Gasteiger partial charge in [-0.05, 0) is 104 Å². The SMILES string of the molecule is C/C1=C(/C(C)(C)O)[C@@H](O)C(=O)[C@@]2(C)C([C@H](OC(=O)c3ccccc3)C[C@@H]1OC(=O)[C@H](OC(=O)CCCCN1CCN(C)CC1)[C@@H](NC(=O)OC(C)(C)C)c1ccccc1)[C@]1(O)CO[C@@H]1C[C@@H]2O. The van der Waals surface area contributed by atoms with E-state index < -0.39 is 107 Å². The maximum atomic E-state index is 15.1. The molecule has 4 aliphatic rings. The van der Waals surface area contributed by atoms with Gasteiger partial charge in [0, 0.05) is 51.4 Å². The van der Waals surface area contributed by atoms with Crippen LogP contribution in [0.25, 0.3) is 0 Å². The zero-order valence-corrected chi connectivity index (χ0v) is 39.9. The van der Waals surface area contributed by atoms with Crippen molar-refractivity contribution in [1.82, 2.24) is 15.1 Å². The van der Waals surface area contributed by atoms with Crippen molar-refractivity contribution >= 4 is 29.8 Å². The monoisotopic (exact) mass is 935 g/mol. The Morgan fingerprint density at radius 2 is 1.54 bits per heavy atom. The molecule has 10 atom stereocenters. The van der Waals surface area contributed by atoms with Crippen LogP contribution in [0.15, 0.2) is 71.8 Å². The average molecular weight is 936 g/mol. The van der Waals surface area contributed by atoms with Crippen molar-refractivity contribution < 1.29 is 68.1 Å². The van der Waals surface area contributed by atoms with Crippen molar-refractivity contribution in [2.75, 3.05) is 46.4 Å². The molecule has 2 aromatic carbocycles. The number of aliphatic hydroxyl groups is 4. The summed E-state index contributed by atoms with van der Waals surface area (Å²) in [4.78, 5) is 76.0. The molecule has 0 radical (unpaired) electrons. The van der Waals surface area contributed by atoms with Crippen LogP contribution >= 0.6 is 0 Å². The fourth-order valence-corrected chi connectivity index (χ4v) is 10.1. The highest BCUT2D eigenvalue weighted by molar-refractivity contribution is 5.93. The number of Topliss-reactive ketones (excluding diaryl/α,β-unsaturated/α-hetero) is 1. The molecule has 2 heterocycles. The number of ketones is 1. The van der Waals surface area contributed by atoms with Gasteiger partial charge in [0.2, 0.25) is 6.10 Å². The van der Waals surface area contributed by atoms with Gasteiger partial charge in [-0.15, -0.1) is 0 Å². The number of hydrogen-bond donors (Lipinski definition) is 5. The molecule has 0 aromatic heterocycles. The van der Waals surface area contributed by atoms with E-state index in [0.29, 0.717) is 18.4 Å². The predicted octanol–water partition coefficient (Wildman–Crippen LogP) is 3.66.